The number of methoxy groups -OCH3 is 1. The van der Waals surface area contributed by atoms with Gasteiger partial charge in [0, 0.05) is 23.6 Å². The number of hydrogen-bond donors (Lipinski definition) is 2. The van der Waals surface area contributed by atoms with E-state index in [1.54, 1.807) is 48.0 Å². The molecule has 0 aliphatic rings. The van der Waals surface area contributed by atoms with Crippen molar-refractivity contribution in [3.8, 4) is 17.0 Å². The molecule has 9 nitrogen and oxygen atoms in total. The van der Waals surface area contributed by atoms with E-state index in [9.17, 15) is 17.6 Å². The van der Waals surface area contributed by atoms with Crippen LogP contribution < -0.4 is 15.4 Å². The molecule has 0 unspecified atom stereocenters. The number of benzene rings is 3. The molecule has 204 valence electrons. The zero-order chi connectivity index (χ0) is 28.4. The number of hydrogen-bond acceptors (Lipinski definition) is 7. The number of imidazole rings is 1. The van der Waals surface area contributed by atoms with Crippen LogP contribution in [-0.4, -0.2) is 42.3 Å². The van der Waals surface area contributed by atoms with Crippen LogP contribution in [0, 0.1) is 5.82 Å². The molecule has 0 bridgehead atoms. The Hall–Kier alpha value is -4.77. The summed E-state index contributed by atoms with van der Waals surface area (Å²) in [7, 11) is -1.91. The van der Waals surface area contributed by atoms with Crippen molar-refractivity contribution in [1.82, 2.24) is 14.6 Å². The fourth-order valence-electron chi connectivity index (χ4n) is 4.12. The van der Waals surface area contributed by atoms with Gasteiger partial charge in [-0.15, -0.1) is 0 Å². The molecule has 11 heteroatoms. The monoisotopic (exact) mass is 559 g/mol. The van der Waals surface area contributed by atoms with Gasteiger partial charge in [0.25, 0.3) is 0 Å². The van der Waals surface area contributed by atoms with Gasteiger partial charge >= 0.3 is 0 Å². The van der Waals surface area contributed by atoms with Crippen LogP contribution in [0.5, 0.6) is 5.75 Å². The molecule has 5 rings (SSSR count). The molecule has 3 aromatic carbocycles. The van der Waals surface area contributed by atoms with Crippen LogP contribution in [0.1, 0.15) is 18.4 Å². The van der Waals surface area contributed by atoms with Gasteiger partial charge in [-0.3, -0.25) is 4.79 Å². The zero-order valence-electron chi connectivity index (χ0n) is 21.9. The first-order valence-corrected chi connectivity index (χ1v) is 14.2. The van der Waals surface area contributed by atoms with E-state index >= 15 is 0 Å². The average molecular weight is 560 g/mol. The molecule has 5 aromatic rings. The Bertz CT molecular complexity index is 1800. The lowest BCUT2D eigenvalue weighted by molar-refractivity contribution is -0.117. The quantitative estimate of drug-likeness (QED) is 0.260. The number of carbonyl (C=O) groups is 1. The van der Waals surface area contributed by atoms with Gasteiger partial charge < -0.3 is 15.4 Å². The number of anilines is 3. The largest absolute Gasteiger partial charge is 0.495 e. The van der Waals surface area contributed by atoms with Crippen molar-refractivity contribution >= 4 is 38.6 Å². The molecule has 0 aliphatic heterocycles. The summed E-state index contributed by atoms with van der Waals surface area (Å²) in [5, 5.41) is 10.7. The highest BCUT2D eigenvalue weighted by molar-refractivity contribution is 7.90. The highest BCUT2D eigenvalue weighted by atomic mass is 32.2. The number of nitrogens with one attached hydrogen (secondary N) is 2. The Morgan fingerprint density at radius 3 is 2.40 bits per heavy atom. The van der Waals surface area contributed by atoms with Crippen molar-refractivity contribution in [1.29, 1.82) is 0 Å². The lowest BCUT2D eigenvalue weighted by atomic mass is 10.0. The summed E-state index contributed by atoms with van der Waals surface area (Å²) < 4.78 is 43.9. The van der Waals surface area contributed by atoms with Crippen molar-refractivity contribution < 1.29 is 22.3 Å². The lowest BCUT2D eigenvalue weighted by Gasteiger charge is -2.13. The topological polar surface area (TPSA) is 115 Å². The lowest BCUT2D eigenvalue weighted by Crippen LogP contribution is -2.18. The first-order chi connectivity index (χ1) is 19.1. The van der Waals surface area contributed by atoms with E-state index in [2.05, 4.69) is 20.7 Å². The Labute approximate surface area is 230 Å². The van der Waals surface area contributed by atoms with Crippen molar-refractivity contribution in [2.45, 2.75) is 17.7 Å². The first-order valence-electron chi connectivity index (χ1n) is 12.3. The minimum Gasteiger partial charge on any atom is -0.495 e. The predicted molar refractivity (Wildman–Crippen MR) is 151 cm³/mol. The maximum Gasteiger partial charge on any atom is 0.231 e. The predicted octanol–water partition coefficient (Wildman–Crippen LogP) is 5.43. The van der Waals surface area contributed by atoms with Crippen LogP contribution in [0.15, 0.2) is 90.0 Å². The fraction of sp³-hybridized carbons (Fsp3) is 0.138. The van der Waals surface area contributed by atoms with Crippen LogP contribution >= 0.6 is 0 Å². The van der Waals surface area contributed by atoms with Crippen LogP contribution in [0.25, 0.3) is 16.9 Å². The normalized spacial score (nSPS) is 12.2. The molecule has 1 atom stereocenters. The highest BCUT2D eigenvalue weighted by Crippen LogP contribution is 2.30. The van der Waals surface area contributed by atoms with E-state index in [4.69, 9.17) is 4.74 Å². The Balaban J connectivity index is 1.30. The van der Waals surface area contributed by atoms with E-state index in [0.717, 1.165) is 17.4 Å². The number of ether oxygens (including phenoxy) is 1. The van der Waals surface area contributed by atoms with Crippen molar-refractivity contribution in [3.05, 3.63) is 96.4 Å². The number of fused-ring (bicyclic) bond motifs is 1. The molecule has 0 aliphatic carbocycles. The highest BCUT2D eigenvalue weighted by Gasteiger charge is 2.16. The van der Waals surface area contributed by atoms with Crippen molar-refractivity contribution in [2.24, 2.45) is 0 Å². The minimum absolute atomic E-state index is 0.157. The van der Waals surface area contributed by atoms with Crippen LogP contribution in [0.4, 0.5) is 21.6 Å². The summed E-state index contributed by atoms with van der Waals surface area (Å²) >= 11 is 0. The number of carbonyl (C=O) groups excluding carboxylic acids is 1. The molecule has 2 heterocycles. The summed E-state index contributed by atoms with van der Waals surface area (Å²) in [5.41, 5.74) is 4.07. The average Bonchev–Trinajstić information content (AvgIpc) is 3.34. The van der Waals surface area contributed by atoms with E-state index in [1.165, 1.54) is 31.4 Å². The second-order valence-corrected chi connectivity index (χ2v) is 11.3. The SMILES string of the molecule is COc1cc(S(C)(=O)=O)ccc1Nc1cn2nc(-c3ccc(NC(=O)[C@H](C)c4ccc(F)cc4)cc3)ccc2n1. The van der Waals surface area contributed by atoms with Gasteiger partial charge in [0.15, 0.2) is 21.3 Å². The number of rotatable bonds is 8. The molecule has 0 saturated carbocycles. The Morgan fingerprint density at radius 2 is 1.73 bits per heavy atom. The molecular weight excluding hydrogens is 533 g/mol. The first kappa shape index (κ1) is 26.8. The summed E-state index contributed by atoms with van der Waals surface area (Å²) in [4.78, 5) is 17.4. The molecular formula is C29H26FN5O4S. The Morgan fingerprint density at radius 1 is 1.00 bits per heavy atom. The van der Waals surface area contributed by atoms with Crippen molar-refractivity contribution in [2.75, 3.05) is 24.0 Å². The van der Waals surface area contributed by atoms with E-state index < -0.39 is 15.8 Å². The number of aromatic nitrogens is 3. The molecule has 0 saturated heterocycles. The third-order valence-electron chi connectivity index (χ3n) is 6.40. The van der Waals surface area contributed by atoms with Gasteiger partial charge in [0.2, 0.25) is 5.91 Å². The van der Waals surface area contributed by atoms with E-state index in [1.807, 2.05) is 24.3 Å². The van der Waals surface area contributed by atoms with Gasteiger partial charge in [-0.25, -0.2) is 22.3 Å². The molecule has 40 heavy (non-hydrogen) atoms. The molecule has 0 fully saturated rings. The van der Waals surface area contributed by atoms with Gasteiger partial charge in [-0.05, 0) is 61.0 Å². The molecule has 0 spiro atoms. The van der Waals surface area contributed by atoms with Gasteiger partial charge in [-0.1, -0.05) is 24.3 Å². The second kappa shape index (κ2) is 10.8. The smallest absolute Gasteiger partial charge is 0.231 e. The number of halogens is 1. The van der Waals surface area contributed by atoms with Crippen molar-refractivity contribution in [3.63, 3.8) is 0 Å². The minimum atomic E-state index is -3.37. The second-order valence-electron chi connectivity index (χ2n) is 9.25. The Kier molecular flexibility index (Phi) is 7.22. The van der Waals surface area contributed by atoms with Crippen LogP contribution in [0.3, 0.4) is 0 Å². The maximum absolute atomic E-state index is 13.2. The standard InChI is InChI=1S/C29H26FN5O4S/c1-18(19-4-8-21(30)9-5-19)29(36)31-22-10-6-20(7-11-22)24-14-15-28-33-27(17-35(28)34-24)32-25-13-12-23(40(3,37)38)16-26(25)39-2/h4-18,32H,1-3H3,(H,31,36)/t18-/m1/s1. The van der Waals surface area contributed by atoms with Gasteiger partial charge in [-0.2, -0.15) is 5.10 Å². The summed E-state index contributed by atoms with van der Waals surface area (Å²) in [5.74, 6) is -0.106. The van der Waals surface area contributed by atoms with Crippen LogP contribution in [0.2, 0.25) is 0 Å². The molecule has 2 N–H and O–H groups in total. The molecule has 0 radical (unpaired) electrons. The number of nitrogens with zero attached hydrogens (tertiary/aromatic N) is 3. The summed E-state index contributed by atoms with van der Waals surface area (Å²) in [6.07, 6.45) is 2.86. The maximum atomic E-state index is 13.2. The van der Waals surface area contributed by atoms with Gasteiger partial charge in [0.1, 0.15) is 11.6 Å². The summed E-state index contributed by atoms with van der Waals surface area (Å²) in [6.45, 7) is 1.77. The molecule has 2 aromatic heterocycles. The summed E-state index contributed by atoms with van der Waals surface area (Å²) in [6, 6.07) is 21.5. The zero-order valence-corrected chi connectivity index (χ0v) is 22.7. The van der Waals surface area contributed by atoms with E-state index in [0.29, 0.717) is 34.3 Å². The van der Waals surface area contributed by atoms with Gasteiger partial charge in [0.05, 0.1) is 35.5 Å². The number of amides is 1. The van der Waals surface area contributed by atoms with Crippen LogP contribution in [-0.2, 0) is 14.6 Å². The van der Waals surface area contributed by atoms with E-state index in [-0.39, 0.29) is 16.6 Å². The molecule has 1 amide bonds. The third-order valence-corrected chi connectivity index (χ3v) is 7.51. The third kappa shape index (κ3) is 5.79. The fourth-order valence-corrected chi connectivity index (χ4v) is 4.75. The number of sulfone groups is 1.